The third-order valence-corrected chi connectivity index (χ3v) is 1.92. The van der Waals surface area contributed by atoms with Crippen LogP contribution in [0, 0.1) is 0 Å². The Kier molecular flexibility index (Phi) is 3.85. The molecule has 0 aromatic carbocycles. The summed E-state index contributed by atoms with van der Waals surface area (Å²) < 4.78 is 1.92. The molecule has 0 spiro atoms. The summed E-state index contributed by atoms with van der Waals surface area (Å²) >= 11 is 0. The van der Waals surface area contributed by atoms with Gasteiger partial charge in [0.15, 0.2) is 0 Å². The first-order chi connectivity index (χ1) is 7.15. The van der Waals surface area contributed by atoms with Gasteiger partial charge in [-0.1, -0.05) is 12.7 Å². The molecule has 0 unspecified atom stereocenters. The number of nitrogens with one attached hydrogen (secondary N) is 1. The second-order valence-corrected chi connectivity index (χ2v) is 3.25. The second kappa shape index (κ2) is 5.14. The Morgan fingerprint density at radius 3 is 3.07 bits per heavy atom. The van der Waals surface area contributed by atoms with E-state index in [1.54, 1.807) is 19.2 Å². The molecule has 0 aliphatic carbocycles. The van der Waals surface area contributed by atoms with Gasteiger partial charge in [0.2, 0.25) is 5.91 Å². The van der Waals surface area contributed by atoms with Gasteiger partial charge in [-0.05, 0) is 6.92 Å². The van der Waals surface area contributed by atoms with Crippen molar-refractivity contribution in [1.29, 1.82) is 0 Å². The average Bonchev–Trinajstić information content (AvgIpc) is 2.62. The minimum absolute atomic E-state index is 0.150. The van der Waals surface area contributed by atoms with Crippen LogP contribution in [0.4, 0.5) is 0 Å². The van der Waals surface area contributed by atoms with Gasteiger partial charge in [-0.3, -0.25) is 4.79 Å². The molecule has 1 aromatic heterocycles. The maximum absolute atomic E-state index is 11.2. The molecule has 0 radical (unpaired) electrons. The van der Waals surface area contributed by atoms with E-state index in [1.807, 2.05) is 10.8 Å². The molecular weight excluding hydrogens is 190 g/mol. The predicted molar refractivity (Wildman–Crippen MR) is 59.1 cm³/mol. The summed E-state index contributed by atoms with van der Waals surface area (Å²) in [6.45, 7) is 9.98. The Morgan fingerprint density at radius 1 is 1.73 bits per heavy atom. The van der Waals surface area contributed by atoms with Gasteiger partial charge in [0.05, 0.1) is 6.54 Å². The minimum Gasteiger partial charge on any atom is -0.345 e. The van der Waals surface area contributed by atoms with Gasteiger partial charge >= 0.3 is 0 Å². The third kappa shape index (κ3) is 3.09. The summed E-state index contributed by atoms with van der Waals surface area (Å²) in [4.78, 5) is 15.4. The summed E-state index contributed by atoms with van der Waals surface area (Å²) in [5.74, 6) is 0.660. The molecule has 1 amide bonds. The number of imidazole rings is 1. The lowest BCUT2D eigenvalue weighted by atomic mass is 10.3. The number of amides is 1. The molecule has 0 fully saturated rings. The van der Waals surface area contributed by atoms with Crippen molar-refractivity contribution < 1.29 is 4.79 Å². The van der Waals surface area contributed by atoms with Crippen molar-refractivity contribution in [2.45, 2.75) is 20.0 Å². The quantitative estimate of drug-likeness (QED) is 0.581. The molecule has 4 heteroatoms. The van der Waals surface area contributed by atoms with Gasteiger partial charge in [0.25, 0.3) is 0 Å². The van der Waals surface area contributed by atoms with E-state index in [0.717, 1.165) is 5.82 Å². The average molecular weight is 205 g/mol. The molecule has 1 N–H and O–H groups in total. The molecule has 1 heterocycles. The van der Waals surface area contributed by atoms with E-state index in [1.165, 1.54) is 0 Å². The Labute approximate surface area is 89.3 Å². The first kappa shape index (κ1) is 11.2. The lowest BCUT2D eigenvalue weighted by Gasteiger charge is -2.06. The van der Waals surface area contributed by atoms with Gasteiger partial charge in [-0.2, -0.15) is 0 Å². The van der Waals surface area contributed by atoms with E-state index >= 15 is 0 Å². The van der Waals surface area contributed by atoms with E-state index in [-0.39, 0.29) is 5.91 Å². The second-order valence-electron chi connectivity index (χ2n) is 3.25. The molecule has 0 aliphatic heterocycles. The summed E-state index contributed by atoms with van der Waals surface area (Å²) in [5, 5.41) is 2.73. The standard InChI is InChI=1S/C11H15N3O/c1-4-6-14-7-5-12-10(14)8-13-11(15)9(2)3/h4-5,7H,1-2,6,8H2,3H3,(H,13,15). The molecule has 0 saturated heterocycles. The Morgan fingerprint density at radius 2 is 2.47 bits per heavy atom. The Balaban J connectivity index is 2.57. The van der Waals surface area contributed by atoms with Gasteiger partial charge in [-0.25, -0.2) is 4.98 Å². The van der Waals surface area contributed by atoms with E-state index < -0.39 is 0 Å². The van der Waals surface area contributed by atoms with E-state index in [0.29, 0.717) is 18.7 Å². The van der Waals surface area contributed by atoms with Crippen LogP contribution < -0.4 is 5.32 Å². The summed E-state index contributed by atoms with van der Waals surface area (Å²) in [5.41, 5.74) is 0.497. The van der Waals surface area contributed by atoms with Crippen LogP contribution in [-0.4, -0.2) is 15.5 Å². The fraction of sp³-hybridized carbons (Fsp3) is 0.273. The Bertz CT molecular complexity index is 379. The number of carbonyl (C=O) groups excluding carboxylic acids is 1. The normalized spacial score (nSPS) is 9.67. The SMILES string of the molecule is C=CCn1ccnc1CNC(=O)C(=C)C. The van der Waals surface area contributed by atoms with Crippen molar-refractivity contribution in [3.05, 3.63) is 43.0 Å². The van der Waals surface area contributed by atoms with Crippen LogP contribution in [0.3, 0.4) is 0 Å². The van der Waals surface area contributed by atoms with Crippen molar-refractivity contribution in [3.63, 3.8) is 0 Å². The van der Waals surface area contributed by atoms with E-state index in [4.69, 9.17) is 0 Å². The van der Waals surface area contributed by atoms with Crippen molar-refractivity contribution in [2.24, 2.45) is 0 Å². The maximum Gasteiger partial charge on any atom is 0.246 e. The first-order valence-corrected chi connectivity index (χ1v) is 4.69. The van der Waals surface area contributed by atoms with Crippen LogP contribution in [0.15, 0.2) is 37.2 Å². The molecule has 0 atom stereocenters. The molecule has 0 saturated carbocycles. The van der Waals surface area contributed by atoms with Crippen LogP contribution in [0.2, 0.25) is 0 Å². The number of hydrogen-bond donors (Lipinski definition) is 1. The van der Waals surface area contributed by atoms with Crippen molar-refractivity contribution in [3.8, 4) is 0 Å². The minimum atomic E-state index is -0.150. The topological polar surface area (TPSA) is 46.9 Å². The fourth-order valence-corrected chi connectivity index (χ4v) is 1.12. The zero-order chi connectivity index (χ0) is 11.3. The smallest absolute Gasteiger partial charge is 0.246 e. The Hall–Kier alpha value is -1.84. The van der Waals surface area contributed by atoms with Crippen LogP contribution in [0.5, 0.6) is 0 Å². The zero-order valence-corrected chi connectivity index (χ0v) is 8.86. The lowest BCUT2D eigenvalue weighted by Crippen LogP contribution is -2.24. The van der Waals surface area contributed by atoms with Crippen LogP contribution in [0.1, 0.15) is 12.7 Å². The highest BCUT2D eigenvalue weighted by Gasteiger charge is 2.04. The molecule has 1 rings (SSSR count). The van der Waals surface area contributed by atoms with Gasteiger partial charge in [0.1, 0.15) is 5.82 Å². The number of hydrogen-bond acceptors (Lipinski definition) is 2. The number of nitrogens with zero attached hydrogens (tertiary/aromatic N) is 2. The highest BCUT2D eigenvalue weighted by Crippen LogP contribution is 1.98. The number of rotatable bonds is 5. The summed E-state index contributed by atoms with van der Waals surface area (Å²) in [6.07, 6.45) is 5.33. The van der Waals surface area contributed by atoms with Gasteiger partial charge in [0, 0.05) is 24.5 Å². The molecule has 80 valence electrons. The van der Waals surface area contributed by atoms with Crippen LogP contribution in [-0.2, 0) is 17.9 Å². The summed E-state index contributed by atoms with van der Waals surface area (Å²) in [6, 6.07) is 0. The van der Waals surface area contributed by atoms with E-state index in [9.17, 15) is 4.79 Å². The zero-order valence-electron chi connectivity index (χ0n) is 8.86. The van der Waals surface area contributed by atoms with Gasteiger partial charge in [-0.15, -0.1) is 6.58 Å². The highest BCUT2D eigenvalue weighted by atomic mass is 16.1. The molecule has 15 heavy (non-hydrogen) atoms. The predicted octanol–water partition coefficient (Wildman–Crippen LogP) is 1.26. The highest BCUT2D eigenvalue weighted by molar-refractivity contribution is 5.91. The lowest BCUT2D eigenvalue weighted by molar-refractivity contribution is -0.117. The third-order valence-electron chi connectivity index (χ3n) is 1.92. The van der Waals surface area contributed by atoms with Gasteiger partial charge < -0.3 is 9.88 Å². The van der Waals surface area contributed by atoms with E-state index in [2.05, 4.69) is 23.5 Å². The van der Waals surface area contributed by atoms with Crippen molar-refractivity contribution >= 4 is 5.91 Å². The fourth-order valence-electron chi connectivity index (χ4n) is 1.12. The molecular formula is C11H15N3O. The number of carbonyl (C=O) groups is 1. The largest absolute Gasteiger partial charge is 0.345 e. The van der Waals surface area contributed by atoms with Crippen LogP contribution in [0.25, 0.3) is 0 Å². The molecule has 0 bridgehead atoms. The molecule has 4 nitrogen and oxygen atoms in total. The van der Waals surface area contributed by atoms with Crippen molar-refractivity contribution in [1.82, 2.24) is 14.9 Å². The summed E-state index contributed by atoms with van der Waals surface area (Å²) in [7, 11) is 0. The van der Waals surface area contributed by atoms with Crippen molar-refractivity contribution in [2.75, 3.05) is 0 Å². The molecule has 1 aromatic rings. The van der Waals surface area contributed by atoms with Crippen LogP contribution >= 0.6 is 0 Å². The molecule has 0 aliphatic rings. The maximum atomic E-state index is 11.2. The number of allylic oxidation sites excluding steroid dienone is 1. The number of aromatic nitrogens is 2. The monoisotopic (exact) mass is 205 g/mol. The first-order valence-electron chi connectivity index (χ1n) is 4.69.